The number of carbonyl (C=O) groups is 4. The van der Waals surface area contributed by atoms with Crippen LogP contribution < -0.4 is 0 Å². The van der Waals surface area contributed by atoms with Gasteiger partial charge in [0.05, 0.1) is 26.4 Å². The van der Waals surface area contributed by atoms with Crippen molar-refractivity contribution in [2.75, 3.05) is 39.6 Å². The van der Waals surface area contributed by atoms with Crippen molar-refractivity contribution in [1.29, 1.82) is 0 Å². The van der Waals surface area contributed by atoms with Gasteiger partial charge in [0.1, 0.15) is 19.3 Å². The predicted molar refractivity (Wildman–Crippen MR) is 363 cm³/mol. The first-order chi connectivity index (χ1) is 43.6. The summed E-state index contributed by atoms with van der Waals surface area (Å²) in [4.78, 5) is 72.3. The molecule has 534 valence electrons. The van der Waals surface area contributed by atoms with Gasteiger partial charge in [-0.25, -0.2) is 9.13 Å². The van der Waals surface area contributed by atoms with Gasteiger partial charge in [0.25, 0.3) is 0 Å². The van der Waals surface area contributed by atoms with Crippen LogP contribution in [0.2, 0.25) is 0 Å². The fourth-order valence-corrected chi connectivity index (χ4v) is 12.4. The molecule has 0 heterocycles. The highest BCUT2D eigenvalue weighted by Gasteiger charge is 2.30. The first kappa shape index (κ1) is 88.1. The smallest absolute Gasteiger partial charge is 0.462 e. The third-order valence-electron chi connectivity index (χ3n) is 16.9. The van der Waals surface area contributed by atoms with Crippen LogP contribution in [-0.2, 0) is 65.4 Å². The highest BCUT2D eigenvalue weighted by Crippen LogP contribution is 2.45. The number of phosphoric acid groups is 2. The first-order valence-electron chi connectivity index (χ1n) is 37.2. The summed E-state index contributed by atoms with van der Waals surface area (Å²) in [6.07, 6.45) is 51.5. The third kappa shape index (κ3) is 63.5. The van der Waals surface area contributed by atoms with E-state index in [4.69, 9.17) is 37.0 Å². The summed E-state index contributed by atoms with van der Waals surface area (Å²) in [6, 6.07) is 0. The summed E-state index contributed by atoms with van der Waals surface area (Å²) in [5, 5.41) is 10.6. The number of rotatable bonds is 71. The maximum Gasteiger partial charge on any atom is 0.472 e. The second kappa shape index (κ2) is 64.4. The SMILES string of the molecule is CCCCCCCCCCCCCCC(=O)OC[C@H](COP(=O)(O)OC[C@@H](O)COP(=O)(O)OC[C@@H](COC(=O)CCCCCCCCC)OC(=O)CCCCCCCCCCC)OC(=O)CCCCCCCCCCCCCCCCCCCCC(C)CC. The molecule has 3 N–H and O–H groups in total. The number of aliphatic hydroxyl groups is 1. The Morgan fingerprint density at radius 2 is 0.533 bits per heavy atom. The predicted octanol–water partition coefficient (Wildman–Crippen LogP) is 20.5. The molecule has 17 nitrogen and oxygen atoms in total. The van der Waals surface area contributed by atoms with E-state index in [0.29, 0.717) is 25.7 Å². The van der Waals surface area contributed by atoms with Crippen molar-refractivity contribution in [2.24, 2.45) is 5.92 Å². The van der Waals surface area contributed by atoms with Crippen molar-refractivity contribution < 1.29 is 80.2 Å². The van der Waals surface area contributed by atoms with Crippen LogP contribution in [0.5, 0.6) is 0 Å². The van der Waals surface area contributed by atoms with Crippen LogP contribution in [0.25, 0.3) is 0 Å². The average Bonchev–Trinajstić information content (AvgIpc) is 3.09. The lowest BCUT2D eigenvalue weighted by molar-refractivity contribution is -0.161. The Hall–Kier alpha value is -1.94. The molecule has 90 heavy (non-hydrogen) atoms. The number of aliphatic hydroxyl groups excluding tert-OH is 1. The molecular weight excluding hydrogens is 1190 g/mol. The van der Waals surface area contributed by atoms with Gasteiger partial charge in [-0.3, -0.25) is 37.3 Å². The summed E-state index contributed by atoms with van der Waals surface area (Å²) in [5.74, 6) is -1.26. The third-order valence-corrected chi connectivity index (χ3v) is 18.8. The molecule has 0 radical (unpaired) electrons. The molecule has 6 atom stereocenters. The number of carbonyl (C=O) groups excluding carboxylic acids is 4. The molecule has 0 bridgehead atoms. The molecule has 0 aliphatic heterocycles. The molecule has 0 aromatic carbocycles. The highest BCUT2D eigenvalue weighted by molar-refractivity contribution is 7.47. The fourth-order valence-electron chi connectivity index (χ4n) is 10.8. The normalized spacial score (nSPS) is 14.4. The Morgan fingerprint density at radius 1 is 0.311 bits per heavy atom. The quantitative estimate of drug-likeness (QED) is 0.0222. The summed E-state index contributed by atoms with van der Waals surface area (Å²) in [7, 11) is -9.89. The molecule has 0 saturated carbocycles. The minimum atomic E-state index is -4.95. The van der Waals surface area contributed by atoms with Crippen LogP contribution in [0.1, 0.15) is 369 Å². The van der Waals surface area contributed by atoms with Crippen LogP contribution in [0.15, 0.2) is 0 Å². The molecule has 0 saturated heterocycles. The Labute approximate surface area is 549 Å². The van der Waals surface area contributed by atoms with Crippen LogP contribution in [0, 0.1) is 5.92 Å². The van der Waals surface area contributed by atoms with E-state index in [1.807, 2.05) is 0 Å². The van der Waals surface area contributed by atoms with Gasteiger partial charge < -0.3 is 33.8 Å². The molecule has 0 aromatic rings. The monoisotopic (exact) mass is 1320 g/mol. The lowest BCUT2D eigenvalue weighted by Gasteiger charge is -2.21. The minimum Gasteiger partial charge on any atom is -0.462 e. The van der Waals surface area contributed by atoms with E-state index < -0.39 is 97.5 Å². The lowest BCUT2D eigenvalue weighted by Crippen LogP contribution is -2.30. The van der Waals surface area contributed by atoms with E-state index in [0.717, 1.165) is 109 Å². The first-order valence-corrected chi connectivity index (χ1v) is 40.2. The minimum absolute atomic E-state index is 0.106. The zero-order chi connectivity index (χ0) is 66.3. The molecule has 0 aliphatic rings. The van der Waals surface area contributed by atoms with Gasteiger partial charge in [0, 0.05) is 25.7 Å². The Morgan fingerprint density at radius 3 is 0.789 bits per heavy atom. The standard InChI is InChI=1S/C71H138O17P2/c1-6-10-13-16-19-21-22-32-36-40-45-50-55-69(74)82-61-67(88-71(76)57-52-47-42-37-33-30-28-26-24-23-25-27-29-31-35-39-43-48-53-64(5)9-4)63-86-90(79,80)84-59-65(72)58-83-89(77,78)85-62-66(60-81-68(73)54-49-44-38-18-15-12-8-3)87-70(75)56-51-46-41-34-20-17-14-11-7-2/h64-67,72H,6-63H2,1-5H3,(H,77,78)(H,79,80)/t64?,65-,66+,67+/m0/s1. The van der Waals surface area contributed by atoms with E-state index in [1.54, 1.807) is 0 Å². The topological polar surface area (TPSA) is 237 Å². The molecular formula is C71H138O17P2. The second-order valence-electron chi connectivity index (χ2n) is 25.9. The van der Waals surface area contributed by atoms with Crippen LogP contribution in [0.4, 0.5) is 0 Å². The Balaban J connectivity index is 5.11. The number of hydrogen-bond acceptors (Lipinski definition) is 15. The van der Waals surface area contributed by atoms with E-state index >= 15 is 0 Å². The van der Waals surface area contributed by atoms with E-state index in [2.05, 4.69) is 34.6 Å². The van der Waals surface area contributed by atoms with E-state index in [-0.39, 0.29) is 25.7 Å². The number of hydrogen-bond donors (Lipinski definition) is 3. The molecule has 3 unspecified atom stereocenters. The summed E-state index contributed by atoms with van der Waals surface area (Å²) >= 11 is 0. The number of ether oxygens (including phenoxy) is 4. The zero-order valence-electron chi connectivity index (χ0n) is 58.3. The Kier molecular flexibility index (Phi) is 63.0. The lowest BCUT2D eigenvalue weighted by atomic mass is 9.99. The van der Waals surface area contributed by atoms with Gasteiger partial charge in [0.15, 0.2) is 12.2 Å². The molecule has 0 spiro atoms. The summed E-state index contributed by atoms with van der Waals surface area (Å²) < 4.78 is 68.1. The molecule has 0 amide bonds. The van der Waals surface area contributed by atoms with Crippen LogP contribution >= 0.6 is 15.6 Å². The number of unbranched alkanes of at least 4 members (excludes halogenated alkanes) is 42. The van der Waals surface area contributed by atoms with Gasteiger partial charge in [-0.1, -0.05) is 317 Å². The number of phosphoric ester groups is 2. The van der Waals surface area contributed by atoms with Crippen LogP contribution in [0.3, 0.4) is 0 Å². The average molecular weight is 1330 g/mol. The molecule has 0 rings (SSSR count). The van der Waals surface area contributed by atoms with Crippen molar-refractivity contribution in [1.82, 2.24) is 0 Å². The van der Waals surface area contributed by atoms with Gasteiger partial charge >= 0.3 is 39.5 Å². The van der Waals surface area contributed by atoms with Crippen molar-refractivity contribution in [3.63, 3.8) is 0 Å². The van der Waals surface area contributed by atoms with Gasteiger partial charge in [0.2, 0.25) is 0 Å². The summed E-state index contributed by atoms with van der Waals surface area (Å²) in [5.41, 5.74) is 0. The largest absolute Gasteiger partial charge is 0.472 e. The van der Waals surface area contributed by atoms with Gasteiger partial charge in [-0.15, -0.1) is 0 Å². The van der Waals surface area contributed by atoms with Crippen molar-refractivity contribution >= 4 is 39.5 Å². The molecule has 0 aromatic heterocycles. The van der Waals surface area contributed by atoms with Crippen LogP contribution in [-0.4, -0.2) is 96.7 Å². The van der Waals surface area contributed by atoms with Gasteiger partial charge in [-0.05, 0) is 31.6 Å². The van der Waals surface area contributed by atoms with E-state index in [9.17, 15) is 43.2 Å². The maximum atomic E-state index is 13.0. The zero-order valence-corrected chi connectivity index (χ0v) is 60.1. The molecule has 19 heteroatoms. The Bertz CT molecular complexity index is 1740. The van der Waals surface area contributed by atoms with Crippen molar-refractivity contribution in [3.8, 4) is 0 Å². The van der Waals surface area contributed by atoms with Gasteiger partial charge in [-0.2, -0.15) is 0 Å². The number of esters is 4. The summed E-state index contributed by atoms with van der Waals surface area (Å²) in [6.45, 7) is 7.26. The molecule has 0 aliphatic carbocycles. The fraction of sp³-hybridized carbons (Fsp3) is 0.944. The van der Waals surface area contributed by atoms with Crippen molar-refractivity contribution in [2.45, 2.75) is 387 Å². The highest BCUT2D eigenvalue weighted by atomic mass is 31.2. The maximum absolute atomic E-state index is 13.0. The van der Waals surface area contributed by atoms with Crippen molar-refractivity contribution in [3.05, 3.63) is 0 Å². The molecule has 0 fully saturated rings. The van der Waals surface area contributed by atoms with E-state index in [1.165, 1.54) is 180 Å². The second-order valence-corrected chi connectivity index (χ2v) is 28.8.